The molecular formula is C24H35N5O. The summed E-state index contributed by atoms with van der Waals surface area (Å²) in [5.41, 5.74) is 0.961. The summed E-state index contributed by atoms with van der Waals surface area (Å²) < 4.78 is 0. The van der Waals surface area contributed by atoms with Gasteiger partial charge in [0.25, 0.3) is 0 Å². The van der Waals surface area contributed by atoms with E-state index in [9.17, 15) is 4.79 Å². The van der Waals surface area contributed by atoms with E-state index in [1.54, 1.807) is 0 Å². The summed E-state index contributed by atoms with van der Waals surface area (Å²) >= 11 is 0. The van der Waals surface area contributed by atoms with Gasteiger partial charge in [-0.3, -0.25) is 4.79 Å². The predicted molar refractivity (Wildman–Crippen MR) is 123 cm³/mol. The van der Waals surface area contributed by atoms with Crippen LogP contribution < -0.4 is 15.5 Å². The fourth-order valence-corrected chi connectivity index (χ4v) is 4.97. The van der Waals surface area contributed by atoms with E-state index in [4.69, 9.17) is 9.97 Å². The molecule has 0 spiro atoms. The molecule has 6 heteroatoms. The molecular weight excluding hydrogens is 374 g/mol. The second kappa shape index (κ2) is 9.63. The molecule has 0 atom stereocenters. The Morgan fingerprint density at radius 3 is 2.40 bits per heavy atom. The molecule has 2 fully saturated rings. The Morgan fingerprint density at radius 2 is 1.67 bits per heavy atom. The molecule has 0 radical (unpaired) electrons. The summed E-state index contributed by atoms with van der Waals surface area (Å²) in [6.45, 7) is 0. The van der Waals surface area contributed by atoms with Crippen molar-refractivity contribution in [1.29, 1.82) is 0 Å². The molecule has 0 saturated heterocycles. The molecule has 4 rings (SSSR count). The van der Waals surface area contributed by atoms with Crippen LogP contribution in [0.1, 0.15) is 64.2 Å². The Kier molecular flexibility index (Phi) is 6.70. The zero-order chi connectivity index (χ0) is 20.9. The number of hydrogen-bond acceptors (Lipinski definition) is 5. The first-order valence-corrected chi connectivity index (χ1v) is 11.6. The lowest BCUT2D eigenvalue weighted by atomic mass is 9.86. The van der Waals surface area contributed by atoms with E-state index in [2.05, 4.69) is 16.7 Å². The first-order chi connectivity index (χ1) is 14.6. The highest BCUT2D eigenvalue weighted by molar-refractivity contribution is 5.90. The first kappa shape index (κ1) is 20.9. The van der Waals surface area contributed by atoms with Gasteiger partial charge in [-0.15, -0.1) is 0 Å². The van der Waals surface area contributed by atoms with Crippen LogP contribution in [0.15, 0.2) is 24.3 Å². The molecule has 30 heavy (non-hydrogen) atoms. The normalized spacial score (nSPS) is 22.6. The van der Waals surface area contributed by atoms with Gasteiger partial charge in [-0.1, -0.05) is 31.4 Å². The molecule has 2 aliphatic carbocycles. The lowest BCUT2D eigenvalue weighted by molar-refractivity contribution is -0.123. The summed E-state index contributed by atoms with van der Waals surface area (Å²) in [5, 5.41) is 7.91. The number of nitrogens with one attached hydrogen (secondary N) is 2. The van der Waals surface area contributed by atoms with Crippen molar-refractivity contribution in [3.8, 4) is 0 Å². The van der Waals surface area contributed by atoms with Crippen LogP contribution in [-0.2, 0) is 4.79 Å². The topological polar surface area (TPSA) is 70.2 Å². The lowest BCUT2D eigenvalue weighted by Crippen LogP contribution is -2.41. The standard InChI is InChI=1S/C24H35N5O/c1-29(2)23-20-10-6-7-11-21(20)27-24(28-23)26-19-14-12-18(13-15-19)25-22(30)16-17-8-4-3-5-9-17/h6-7,10-11,17-19H,3-5,8-9,12-16H2,1-2H3,(H,25,30)(H,26,27,28). The third-order valence-electron chi connectivity index (χ3n) is 6.63. The van der Waals surface area contributed by atoms with Gasteiger partial charge in [-0.2, -0.15) is 4.98 Å². The van der Waals surface area contributed by atoms with Crippen molar-refractivity contribution in [3.05, 3.63) is 24.3 Å². The number of aromatic nitrogens is 2. The smallest absolute Gasteiger partial charge is 0.225 e. The van der Waals surface area contributed by atoms with E-state index < -0.39 is 0 Å². The molecule has 1 aromatic carbocycles. The molecule has 0 bridgehead atoms. The number of anilines is 2. The number of benzene rings is 1. The number of carbonyl (C=O) groups is 1. The number of nitrogens with zero attached hydrogens (tertiary/aromatic N) is 3. The highest BCUT2D eigenvalue weighted by Crippen LogP contribution is 2.28. The van der Waals surface area contributed by atoms with Crippen molar-refractivity contribution in [2.24, 2.45) is 5.92 Å². The van der Waals surface area contributed by atoms with Gasteiger partial charge in [-0.25, -0.2) is 4.98 Å². The van der Waals surface area contributed by atoms with Crippen molar-refractivity contribution in [2.45, 2.75) is 76.3 Å². The Labute approximate surface area is 179 Å². The maximum absolute atomic E-state index is 12.4. The van der Waals surface area contributed by atoms with E-state index in [-0.39, 0.29) is 5.91 Å². The van der Waals surface area contributed by atoms with E-state index >= 15 is 0 Å². The van der Waals surface area contributed by atoms with Crippen LogP contribution in [0, 0.1) is 5.92 Å². The molecule has 1 heterocycles. The molecule has 0 unspecified atom stereocenters. The van der Waals surface area contributed by atoms with Gasteiger partial charge < -0.3 is 15.5 Å². The summed E-state index contributed by atoms with van der Waals surface area (Å²) in [4.78, 5) is 23.9. The molecule has 6 nitrogen and oxygen atoms in total. The summed E-state index contributed by atoms with van der Waals surface area (Å²) in [7, 11) is 4.03. The van der Waals surface area contributed by atoms with Gasteiger partial charge in [0.1, 0.15) is 5.82 Å². The van der Waals surface area contributed by atoms with Crippen molar-refractivity contribution in [1.82, 2.24) is 15.3 Å². The van der Waals surface area contributed by atoms with Crippen LogP contribution in [0.5, 0.6) is 0 Å². The minimum Gasteiger partial charge on any atom is -0.362 e. The minimum atomic E-state index is 0.256. The van der Waals surface area contributed by atoms with E-state index in [0.717, 1.165) is 48.8 Å². The van der Waals surface area contributed by atoms with Crippen molar-refractivity contribution >= 4 is 28.6 Å². The summed E-state index contributed by atoms with van der Waals surface area (Å²) in [6, 6.07) is 8.81. The monoisotopic (exact) mass is 409 g/mol. The SMILES string of the molecule is CN(C)c1nc(NC2CCC(NC(=O)CC3CCCCC3)CC2)nc2ccccc12. The van der Waals surface area contributed by atoms with Crippen molar-refractivity contribution < 1.29 is 4.79 Å². The van der Waals surface area contributed by atoms with E-state index in [1.165, 1.54) is 32.1 Å². The molecule has 2 aliphatic rings. The van der Waals surface area contributed by atoms with Crippen LogP contribution in [0.4, 0.5) is 11.8 Å². The van der Waals surface area contributed by atoms with Crippen LogP contribution >= 0.6 is 0 Å². The van der Waals surface area contributed by atoms with Crippen LogP contribution in [-0.4, -0.2) is 42.1 Å². The Bertz CT molecular complexity index is 854. The molecule has 2 N–H and O–H groups in total. The van der Waals surface area contributed by atoms with Crippen LogP contribution in [0.2, 0.25) is 0 Å². The third-order valence-corrected chi connectivity index (χ3v) is 6.63. The number of fused-ring (bicyclic) bond motifs is 1. The number of carbonyl (C=O) groups excluding carboxylic acids is 1. The Morgan fingerprint density at radius 1 is 0.967 bits per heavy atom. The first-order valence-electron chi connectivity index (χ1n) is 11.6. The average molecular weight is 410 g/mol. The summed E-state index contributed by atoms with van der Waals surface area (Å²) in [5.74, 6) is 2.49. The van der Waals surface area contributed by atoms with E-state index in [1.807, 2.05) is 37.2 Å². The molecule has 1 amide bonds. The number of amides is 1. The van der Waals surface area contributed by atoms with Crippen molar-refractivity contribution in [3.63, 3.8) is 0 Å². The zero-order valence-corrected chi connectivity index (χ0v) is 18.4. The number of para-hydroxylation sites is 1. The zero-order valence-electron chi connectivity index (χ0n) is 18.4. The van der Waals surface area contributed by atoms with Crippen LogP contribution in [0.25, 0.3) is 10.9 Å². The molecule has 162 valence electrons. The second-order valence-corrected chi connectivity index (χ2v) is 9.25. The van der Waals surface area contributed by atoms with Gasteiger partial charge in [0.2, 0.25) is 11.9 Å². The van der Waals surface area contributed by atoms with E-state index in [0.29, 0.717) is 23.9 Å². The maximum atomic E-state index is 12.4. The predicted octanol–water partition coefficient (Wildman–Crippen LogP) is 4.51. The van der Waals surface area contributed by atoms with Gasteiger partial charge in [0.05, 0.1) is 5.52 Å². The Hall–Kier alpha value is -2.37. The van der Waals surface area contributed by atoms with Crippen molar-refractivity contribution in [2.75, 3.05) is 24.3 Å². The minimum absolute atomic E-state index is 0.256. The highest BCUT2D eigenvalue weighted by atomic mass is 16.1. The highest BCUT2D eigenvalue weighted by Gasteiger charge is 2.24. The fourth-order valence-electron chi connectivity index (χ4n) is 4.97. The maximum Gasteiger partial charge on any atom is 0.225 e. The third kappa shape index (κ3) is 5.21. The van der Waals surface area contributed by atoms with Gasteiger partial charge in [-0.05, 0) is 56.6 Å². The molecule has 1 aromatic heterocycles. The number of hydrogen-bond donors (Lipinski definition) is 2. The van der Waals surface area contributed by atoms with Gasteiger partial charge >= 0.3 is 0 Å². The number of rotatable bonds is 6. The fraction of sp³-hybridized carbons (Fsp3) is 0.625. The molecule has 0 aliphatic heterocycles. The summed E-state index contributed by atoms with van der Waals surface area (Å²) in [6.07, 6.45) is 11.2. The van der Waals surface area contributed by atoms with Crippen LogP contribution in [0.3, 0.4) is 0 Å². The van der Waals surface area contributed by atoms with Gasteiger partial charge in [0.15, 0.2) is 0 Å². The molecule has 2 saturated carbocycles. The quantitative estimate of drug-likeness (QED) is 0.735. The molecule has 2 aromatic rings. The largest absolute Gasteiger partial charge is 0.362 e. The average Bonchev–Trinajstić information content (AvgIpc) is 2.75. The Balaban J connectivity index is 1.30. The van der Waals surface area contributed by atoms with Gasteiger partial charge in [0, 0.05) is 38.0 Å². The second-order valence-electron chi connectivity index (χ2n) is 9.25. The lowest BCUT2D eigenvalue weighted by Gasteiger charge is -2.30.